The Morgan fingerprint density at radius 1 is 1.07 bits per heavy atom. The molecule has 1 heteroatoms. The molecule has 1 aliphatic carbocycles. The average Bonchev–Trinajstić information content (AvgIpc) is 2.54. The van der Waals surface area contributed by atoms with Crippen molar-refractivity contribution in [1.29, 1.82) is 0 Å². The van der Waals surface area contributed by atoms with Crippen molar-refractivity contribution in [2.75, 3.05) is 0 Å². The molecule has 2 rings (SSSR count). The molecule has 0 spiro atoms. The molecule has 1 atom stereocenters. The van der Waals surface area contributed by atoms with Crippen LogP contribution in [0.1, 0.15) is 17.5 Å². The molecule has 0 nitrogen and oxygen atoms in total. The summed E-state index contributed by atoms with van der Waals surface area (Å²) in [6.45, 7) is 4.33. The number of aryl methyl sites for hydroxylation is 2. The van der Waals surface area contributed by atoms with Crippen LogP contribution in [0.15, 0.2) is 41.7 Å². The molecule has 0 saturated heterocycles. The fraction of sp³-hybridized carbons (Fsp3) is 0.231. The fourth-order valence-electron chi connectivity index (χ4n) is 1.76. The van der Waals surface area contributed by atoms with E-state index in [1.807, 2.05) is 0 Å². The highest BCUT2D eigenvalue weighted by molar-refractivity contribution is 7.52. The Bertz CT molecular complexity index is 379. The van der Waals surface area contributed by atoms with Crippen LogP contribution in [-0.2, 0) is 0 Å². The van der Waals surface area contributed by atoms with Crippen molar-refractivity contribution in [2.45, 2.75) is 20.3 Å². The molecule has 0 radical (unpaired) electrons. The summed E-state index contributed by atoms with van der Waals surface area (Å²) >= 11 is 0. The molecule has 0 N–H and O–H groups in total. The second-order valence-electron chi connectivity index (χ2n) is 3.80. The Morgan fingerprint density at radius 3 is 2.36 bits per heavy atom. The number of rotatable bonds is 2. The van der Waals surface area contributed by atoms with Gasteiger partial charge in [-0.05, 0) is 30.9 Å². The largest absolute Gasteiger partial charge is 0.0801 e. The van der Waals surface area contributed by atoms with Crippen LogP contribution in [0.25, 0.3) is 0 Å². The van der Waals surface area contributed by atoms with E-state index in [0.717, 1.165) is 15.0 Å². The highest BCUT2D eigenvalue weighted by atomic mass is 31.1. The van der Waals surface area contributed by atoms with Gasteiger partial charge in [0.1, 0.15) is 0 Å². The van der Waals surface area contributed by atoms with Gasteiger partial charge in [-0.3, -0.25) is 0 Å². The molecule has 0 saturated carbocycles. The standard InChI is InChI=1S/C13H15P/c1-10-7-11(2)9-13(8-10)14-12-5-3-4-6-12/h3,5-9,14H,4H2,1-2H3. The summed E-state index contributed by atoms with van der Waals surface area (Å²) in [5, 5.41) is 2.94. The van der Waals surface area contributed by atoms with Gasteiger partial charge in [0.05, 0.1) is 0 Å². The van der Waals surface area contributed by atoms with Gasteiger partial charge in [-0.25, -0.2) is 0 Å². The molecule has 0 aliphatic heterocycles. The van der Waals surface area contributed by atoms with Gasteiger partial charge in [0.25, 0.3) is 0 Å². The molecule has 0 bridgehead atoms. The lowest BCUT2D eigenvalue weighted by atomic mass is 10.2. The first-order valence-electron chi connectivity index (χ1n) is 4.96. The van der Waals surface area contributed by atoms with Gasteiger partial charge >= 0.3 is 0 Å². The molecule has 1 aliphatic rings. The molecule has 72 valence electrons. The molecule has 0 aromatic heterocycles. The Balaban J connectivity index is 2.20. The van der Waals surface area contributed by atoms with Crippen LogP contribution in [0, 0.1) is 13.8 Å². The molecule has 1 aromatic carbocycles. The van der Waals surface area contributed by atoms with Crippen molar-refractivity contribution < 1.29 is 0 Å². The smallest absolute Gasteiger partial charge is 0.0156 e. The van der Waals surface area contributed by atoms with E-state index in [-0.39, 0.29) is 0 Å². The Morgan fingerprint density at radius 2 is 1.79 bits per heavy atom. The molecule has 0 fully saturated rings. The quantitative estimate of drug-likeness (QED) is 0.644. The maximum atomic E-state index is 2.32. The van der Waals surface area contributed by atoms with Crippen molar-refractivity contribution in [3.8, 4) is 0 Å². The first-order chi connectivity index (χ1) is 6.74. The lowest BCUT2D eigenvalue weighted by molar-refractivity contribution is 1.40. The number of hydrogen-bond donors (Lipinski definition) is 0. The van der Waals surface area contributed by atoms with Crippen LogP contribution in [0.5, 0.6) is 0 Å². The van der Waals surface area contributed by atoms with Gasteiger partial charge in [0.15, 0.2) is 0 Å². The van der Waals surface area contributed by atoms with Crippen molar-refractivity contribution in [1.82, 2.24) is 0 Å². The lowest BCUT2D eigenvalue weighted by Gasteiger charge is -2.04. The van der Waals surface area contributed by atoms with Crippen LogP contribution >= 0.6 is 8.58 Å². The summed E-state index contributed by atoms with van der Waals surface area (Å²) in [4.78, 5) is 0. The second kappa shape index (κ2) is 4.11. The molecular weight excluding hydrogens is 187 g/mol. The molecule has 0 heterocycles. The van der Waals surface area contributed by atoms with Crippen LogP contribution in [0.2, 0.25) is 0 Å². The van der Waals surface area contributed by atoms with Crippen LogP contribution < -0.4 is 5.30 Å². The van der Waals surface area contributed by atoms with Crippen LogP contribution in [0.3, 0.4) is 0 Å². The zero-order valence-corrected chi connectivity index (χ0v) is 9.67. The highest BCUT2D eigenvalue weighted by Gasteiger charge is 2.01. The minimum absolute atomic E-state index is 0.825. The Kier molecular flexibility index (Phi) is 2.84. The minimum atomic E-state index is 0.825. The van der Waals surface area contributed by atoms with Crippen LogP contribution in [0.4, 0.5) is 0 Å². The van der Waals surface area contributed by atoms with Crippen molar-refractivity contribution in [2.24, 2.45) is 0 Å². The maximum absolute atomic E-state index is 2.32. The summed E-state index contributed by atoms with van der Waals surface area (Å²) in [6, 6.07) is 6.81. The topological polar surface area (TPSA) is 0 Å². The number of hydrogen-bond acceptors (Lipinski definition) is 0. The maximum Gasteiger partial charge on any atom is -0.0156 e. The van der Waals surface area contributed by atoms with Gasteiger partial charge in [-0.15, -0.1) is 0 Å². The molecule has 1 unspecified atom stereocenters. The summed E-state index contributed by atoms with van der Waals surface area (Å²) in [5.41, 5.74) is 2.74. The van der Waals surface area contributed by atoms with Crippen LogP contribution in [-0.4, -0.2) is 0 Å². The predicted octanol–water partition coefficient (Wildman–Crippen LogP) is 3.45. The summed E-state index contributed by atoms with van der Waals surface area (Å²) < 4.78 is 0. The number of benzene rings is 1. The summed E-state index contributed by atoms with van der Waals surface area (Å²) in [5.74, 6) is 0. The van der Waals surface area contributed by atoms with E-state index < -0.39 is 0 Å². The van der Waals surface area contributed by atoms with E-state index in [9.17, 15) is 0 Å². The third-order valence-electron chi connectivity index (χ3n) is 2.28. The molecule has 14 heavy (non-hydrogen) atoms. The van der Waals surface area contributed by atoms with E-state index in [0.29, 0.717) is 0 Å². The monoisotopic (exact) mass is 202 g/mol. The predicted molar refractivity (Wildman–Crippen MR) is 65.7 cm³/mol. The van der Waals surface area contributed by atoms with Crippen molar-refractivity contribution >= 4 is 13.9 Å². The van der Waals surface area contributed by atoms with E-state index in [1.165, 1.54) is 21.7 Å². The molecule has 0 amide bonds. The van der Waals surface area contributed by atoms with E-state index >= 15 is 0 Å². The average molecular weight is 202 g/mol. The third-order valence-corrected chi connectivity index (χ3v) is 3.52. The first-order valence-corrected chi connectivity index (χ1v) is 5.96. The normalized spacial score (nSPS) is 15.4. The van der Waals surface area contributed by atoms with Crippen molar-refractivity contribution in [3.63, 3.8) is 0 Å². The third kappa shape index (κ3) is 2.33. The zero-order chi connectivity index (χ0) is 9.97. The fourth-order valence-corrected chi connectivity index (χ4v) is 3.12. The SMILES string of the molecule is Cc1cc(C)cc(PC2=CCC=C2)c1. The first kappa shape index (κ1) is 9.68. The number of allylic oxidation sites excluding steroid dienone is 4. The Labute approximate surface area is 87.5 Å². The van der Waals surface area contributed by atoms with Gasteiger partial charge in [0, 0.05) is 0 Å². The zero-order valence-electron chi connectivity index (χ0n) is 8.67. The van der Waals surface area contributed by atoms with Gasteiger partial charge in [-0.1, -0.05) is 56.1 Å². The summed E-state index contributed by atoms with van der Waals surface area (Å²) in [7, 11) is 0.825. The lowest BCUT2D eigenvalue weighted by Crippen LogP contribution is -1.96. The van der Waals surface area contributed by atoms with Gasteiger partial charge < -0.3 is 0 Å². The highest BCUT2D eigenvalue weighted by Crippen LogP contribution is 2.28. The second-order valence-corrected chi connectivity index (χ2v) is 5.20. The Hall–Kier alpha value is -0.870. The minimum Gasteiger partial charge on any atom is -0.0801 e. The molecule has 1 aromatic rings. The van der Waals surface area contributed by atoms with E-state index in [1.54, 1.807) is 0 Å². The summed E-state index contributed by atoms with van der Waals surface area (Å²) in [6.07, 6.45) is 7.91. The molecular formula is C13H15P. The van der Waals surface area contributed by atoms with Crippen molar-refractivity contribution in [3.05, 3.63) is 52.9 Å². The van der Waals surface area contributed by atoms with E-state index in [4.69, 9.17) is 0 Å². The van der Waals surface area contributed by atoms with E-state index in [2.05, 4.69) is 50.3 Å². The van der Waals surface area contributed by atoms with Gasteiger partial charge in [0.2, 0.25) is 0 Å². The van der Waals surface area contributed by atoms with Gasteiger partial charge in [-0.2, -0.15) is 0 Å².